The molecule has 1 atom stereocenters. The third-order valence-corrected chi connectivity index (χ3v) is 9.44. The van der Waals surface area contributed by atoms with E-state index in [4.69, 9.17) is 18.9 Å². The summed E-state index contributed by atoms with van der Waals surface area (Å²) in [4.78, 5) is 33.1. The molecule has 3 aromatic carbocycles. The number of anilines is 1. The number of carbonyl (C=O) groups excluding carboxylic acids is 2. The summed E-state index contributed by atoms with van der Waals surface area (Å²) < 4.78 is 22.7. The second-order valence-electron chi connectivity index (χ2n) is 12.3. The Kier molecular flexibility index (Phi) is 12.0. The SMILES string of the molecule is COc1cc(CC(=O)N2CCN(CCCCOc3ccccc3C3(C(C)C)C(=O)N(C)c4ccccc43)CC2)cc(OC)c1OC.Cl. The maximum Gasteiger partial charge on any atom is 0.242 e. The van der Waals surface area contributed by atoms with Gasteiger partial charge in [-0.15, -0.1) is 12.4 Å². The van der Waals surface area contributed by atoms with Gasteiger partial charge in [-0.2, -0.15) is 0 Å². The minimum Gasteiger partial charge on any atom is -0.493 e. The predicted octanol–water partition coefficient (Wildman–Crippen LogP) is 5.60. The summed E-state index contributed by atoms with van der Waals surface area (Å²) in [5, 5.41) is 0. The summed E-state index contributed by atoms with van der Waals surface area (Å²) in [5.74, 6) is 2.61. The second kappa shape index (κ2) is 15.8. The normalized spacial score (nSPS) is 17.7. The van der Waals surface area contributed by atoms with Gasteiger partial charge in [0.15, 0.2) is 11.5 Å². The standard InChI is InChI=1S/C37H47N3O6.ClH/c1-26(2)37(28-13-7-9-15-30(28)38(3)36(37)42)29-14-8-10-16-31(29)46-22-12-11-17-39-18-20-40(21-19-39)34(41)25-27-23-32(43-4)35(45-6)33(24-27)44-5;/h7-10,13-16,23-24,26H,11-12,17-22,25H2,1-6H3;1H. The van der Waals surface area contributed by atoms with Gasteiger partial charge in [-0.25, -0.2) is 0 Å². The van der Waals surface area contributed by atoms with E-state index in [1.165, 1.54) is 0 Å². The molecule has 1 unspecified atom stereocenters. The van der Waals surface area contributed by atoms with E-state index in [-0.39, 0.29) is 36.6 Å². The molecule has 0 spiro atoms. The average molecular weight is 666 g/mol. The number of methoxy groups -OCH3 is 3. The van der Waals surface area contributed by atoms with Gasteiger partial charge < -0.3 is 28.7 Å². The van der Waals surface area contributed by atoms with Crippen LogP contribution in [0.15, 0.2) is 60.7 Å². The highest BCUT2D eigenvalue weighted by Gasteiger charge is 2.54. The Balaban J connectivity index is 0.00000500. The van der Waals surface area contributed by atoms with Gasteiger partial charge in [-0.3, -0.25) is 14.5 Å². The first-order valence-corrected chi connectivity index (χ1v) is 16.1. The van der Waals surface area contributed by atoms with Crippen LogP contribution in [0.4, 0.5) is 5.69 Å². The lowest BCUT2D eigenvalue weighted by Crippen LogP contribution is -2.49. The number of hydrogen-bond acceptors (Lipinski definition) is 7. The third-order valence-electron chi connectivity index (χ3n) is 9.44. The Morgan fingerprint density at radius 2 is 1.45 bits per heavy atom. The first kappa shape index (κ1) is 35.9. The summed E-state index contributed by atoms with van der Waals surface area (Å²) in [6.07, 6.45) is 2.16. The molecule has 2 amide bonds. The van der Waals surface area contributed by atoms with Gasteiger partial charge in [0.2, 0.25) is 17.6 Å². The molecule has 3 aromatic rings. The van der Waals surface area contributed by atoms with Gasteiger partial charge in [0.25, 0.3) is 0 Å². The average Bonchev–Trinajstić information content (AvgIpc) is 3.31. The van der Waals surface area contributed by atoms with Crippen molar-refractivity contribution in [2.24, 2.45) is 5.92 Å². The van der Waals surface area contributed by atoms with Gasteiger partial charge in [-0.1, -0.05) is 50.2 Å². The minimum atomic E-state index is -0.787. The van der Waals surface area contributed by atoms with Crippen molar-refractivity contribution in [1.82, 2.24) is 9.80 Å². The third kappa shape index (κ3) is 7.02. The molecule has 0 aliphatic carbocycles. The van der Waals surface area contributed by atoms with E-state index in [1.54, 1.807) is 26.2 Å². The topological polar surface area (TPSA) is 80.8 Å². The molecule has 5 rings (SSSR count). The summed E-state index contributed by atoms with van der Waals surface area (Å²) in [6.45, 7) is 8.85. The van der Waals surface area contributed by atoms with E-state index >= 15 is 0 Å². The summed E-state index contributed by atoms with van der Waals surface area (Å²) >= 11 is 0. The van der Waals surface area contributed by atoms with E-state index < -0.39 is 5.41 Å². The number of hydrogen-bond donors (Lipinski definition) is 0. The van der Waals surface area contributed by atoms with Crippen molar-refractivity contribution in [1.29, 1.82) is 0 Å². The predicted molar refractivity (Wildman–Crippen MR) is 187 cm³/mol. The fourth-order valence-electron chi connectivity index (χ4n) is 7.00. The zero-order valence-corrected chi connectivity index (χ0v) is 29.2. The van der Waals surface area contributed by atoms with Crippen LogP contribution >= 0.6 is 12.4 Å². The number of benzene rings is 3. The second-order valence-corrected chi connectivity index (χ2v) is 12.3. The first-order valence-electron chi connectivity index (χ1n) is 16.1. The number of ether oxygens (including phenoxy) is 4. The summed E-state index contributed by atoms with van der Waals surface area (Å²) in [5.41, 5.74) is 2.97. The van der Waals surface area contributed by atoms with Crippen molar-refractivity contribution >= 4 is 29.9 Å². The van der Waals surface area contributed by atoms with E-state index in [2.05, 4.69) is 24.8 Å². The van der Waals surface area contributed by atoms with Crippen molar-refractivity contribution in [3.63, 3.8) is 0 Å². The number of unbranched alkanes of at least 4 members (excludes halogenated alkanes) is 1. The molecule has 1 fully saturated rings. The molecule has 10 heteroatoms. The molecule has 9 nitrogen and oxygen atoms in total. The van der Waals surface area contributed by atoms with Crippen LogP contribution in [0, 0.1) is 5.92 Å². The maximum absolute atomic E-state index is 13.9. The first-order chi connectivity index (χ1) is 22.3. The molecule has 0 saturated carbocycles. The highest BCUT2D eigenvalue weighted by molar-refractivity contribution is 6.10. The van der Waals surface area contributed by atoms with Crippen LogP contribution in [0.25, 0.3) is 0 Å². The highest BCUT2D eigenvalue weighted by Crippen LogP contribution is 2.52. The zero-order valence-electron chi connectivity index (χ0n) is 28.4. The Bertz CT molecular complexity index is 1510. The number of rotatable bonds is 13. The lowest BCUT2D eigenvalue weighted by Gasteiger charge is -2.35. The van der Waals surface area contributed by atoms with Gasteiger partial charge in [0.1, 0.15) is 11.2 Å². The fraction of sp³-hybridized carbons (Fsp3) is 0.459. The van der Waals surface area contributed by atoms with Crippen LogP contribution in [0.3, 0.4) is 0 Å². The van der Waals surface area contributed by atoms with Crippen LogP contribution in [0.2, 0.25) is 0 Å². The molecule has 254 valence electrons. The molecule has 47 heavy (non-hydrogen) atoms. The molecule has 2 aliphatic rings. The van der Waals surface area contributed by atoms with E-state index in [0.717, 1.165) is 60.6 Å². The lowest BCUT2D eigenvalue weighted by molar-refractivity contribution is -0.132. The molecule has 0 aromatic heterocycles. The van der Waals surface area contributed by atoms with Gasteiger partial charge in [0, 0.05) is 44.5 Å². The number of para-hydroxylation sites is 2. The van der Waals surface area contributed by atoms with Gasteiger partial charge >= 0.3 is 0 Å². The maximum atomic E-state index is 13.9. The van der Waals surface area contributed by atoms with Crippen molar-refractivity contribution in [3.8, 4) is 23.0 Å². The molecule has 2 heterocycles. The number of carbonyl (C=O) groups is 2. The number of fused-ring (bicyclic) bond motifs is 1. The largest absolute Gasteiger partial charge is 0.493 e. The molecular formula is C37H48ClN3O6. The number of halogens is 1. The monoisotopic (exact) mass is 665 g/mol. The fourth-order valence-corrected chi connectivity index (χ4v) is 7.00. The lowest BCUT2D eigenvalue weighted by atomic mass is 9.67. The molecule has 0 radical (unpaired) electrons. The van der Waals surface area contributed by atoms with Crippen LogP contribution in [0.1, 0.15) is 43.4 Å². The zero-order chi connectivity index (χ0) is 32.8. The van der Waals surface area contributed by atoms with E-state index in [9.17, 15) is 9.59 Å². The number of amides is 2. The van der Waals surface area contributed by atoms with Crippen LogP contribution < -0.4 is 23.8 Å². The van der Waals surface area contributed by atoms with Crippen molar-refractivity contribution in [2.75, 3.05) is 72.6 Å². The molecule has 1 saturated heterocycles. The minimum absolute atomic E-state index is 0. The van der Waals surface area contributed by atoms with Crippen molar-refractivity contribution in [2.45, 2.75) is 38.5 Å². The molecule has 0 N–H and O–H groups in total. The molecular weight excluding hydrogens is 618 g/mol. The summed E-state index contributed by atoms with van der Waals surface area (Å²) in [7, 11) is 6.58. The molecule has 2 aliphatic heterocycles. The van der Waals surface area contributed by atoms with Crippen molar-refractivity contribution in [3.05, 3.63) is 77.4 Å². The summed E-state index contributed by atoms with van der Waals surface area (Å²) in [6, 6.07) is 19.8. The van der Waals surface area contributed by atoms with Gasteiger partial charge in [-0.05, 0) is 60.7 Å². The van der Waals surface area contributed by atoms with Crippen molar-refractivity contribution < 1.29 is 28.5 Å². The smallest absolute Gasteiger partial charge is 0.242 e. The molecule has 0 bridgehead atoms. The van der Waals surface area contributed by atoms with E-state index in [0.29, 0.717) is 36.9 Å². The van der Waals surface area contributed by atoms with Gasteiger partial charge in [0.05, 0.1) is 34.4 Å². The quantitative estimate of drug-likeness (QED) is 0.220. The van der Waals surface area contributed by atoms with Crippen LogP contribution in [0.5, 0.6) is 23.0 Å². The van der Waals surface area contributed by atoms with E-state index in [1.807, 2.05) is 66.5 Å². The van der Waals surface area contributed by atoms with Crippen LogP contribution in [-0.4, -0.2) is 89.3 Å². The number of nitrogens with zero attached hydrogens (tertiary/aromatic N) is 3. The Hall–Kier alpha value is -3.95. The number of piperazine rings is 1. The number of likely N-dealkylation sites (N-methyl/N-ethyl adjacent to an activating group) is 1. The Labute approximate surface area is 285 Å². The highest BCUT2D eigenvalue weighted by atomic mass is 35.5. The van der Waals surface area contributed by atoms with Crippen LogP contribution in [-0.2, 0) is 21.4 Å². The Morgan fingerprint density at radius 1 is 0.830 bits per heavy atom. The Morgan fingerprint density at radius 3 is 2.06 bits per heavy atom.